The predicted octanol–water partition coefficient (Wildman–Crippen LogP) is 3.98. The molecule has 0 unspecified atom stereocenters. The minimum absolute atomic E-state index is 0.548. The molecule has 0 fully saturated rings. The number of aromatic nitrogens is 2. The van der Waals surface area contributed by atoms with E-state index < -0.39 is 0 Å². The number of nitrogens with zero attached hydrogens (tertiary/aromatic N) is 4. The molecule has 3 aromatic rings. The number of hydrogen-bond acceptors (Lipinski definition) is 5. The standard InChI is InChI=1S/C20H20N4OS/c1-4-11-22-20-24(23-15(2)16-9-12-21-13-10-16)19(14-26-20)17-5-7-18(25-3)8-6-17/h4-10,12-14H,1,11H2,2-3H3. The maximum Gasteiger partial charge on any atom is 0.206 e. The smallest absolute Gasteiger partial charge is 0.206 e. The zero-order valence-corrected chi connectivity index (χ0v) is 15.6. The van der Waals surface area contributed by atoms with Crippen molar-refractivity contribution in [2.45, 2.75) is 6.92 Å². The Morgan fingerprint density at radius 2 is 1.96 bits per heavy atom. The molecule has 2 heterocycles. The highest BCUT2D eigenvalue weighted by atomic mass is 32.1. The van der Waals surface area contributed by atoms with E-state index in [1.54, 1.807) is 36.9 Å². The van der Waals surface area contributed by atoms with Crippen molar-refractivity contribution in [3.8, 4) is 17.0 Å². The van der Waals surface area contributed by atoms with Crippen molar-refractivity contribution in [3.05, 3.63) is 77.2 Å². The van der Waals surface area contributed by atoms with Crippen LogP contribution in [0.1, 0.15) is 12.5 Å². The summed E-state index contributed by atoms with van der Waals surface area (Å²) in [6.07, 6.45) is 5.30. The average molecular weight is 364 g/mol. The number of ether oxygens (including phenoxy) is 1. The van der Waals surface area contributed by atoms with Crippen LogP contribution >= 0.6 is 11.3 Å². The minimum Gasteiger partial charge on any atom is -0.497 e. The van der Waals surface area contributed by atoms with Crippen molar-refractivity contribution in [2.24, 2.45) is 10.1 Å². The summed E-state index contributed by atoms with van der Waals surface area (Å²) in [5.74, 6) is 0.823. The van der Waals surface area contributed by atoms with Crippen molar-refractivity contribution < 1.29 is 4.74 Å². The van der Waals surface area contributed by atoms with Crippen LogP contribution in [-0.4, -0.2) is 29.0 Å². The first kappa shape index (κ1) is 17.8. The zero-order valence-electron chi connectivity index (χ0n) is 14.8. The normalized spacial score (nSPS) is 12.2. The van der Waals surface area contributed by atoms with E-state index in [1.807, 2.05) is 48.0 Å². The Balaban J connectivity index is 2.11. The molecule has 5 nitrogen and oxygen atoms in total. The number of thiazole rings is 1. The SMILES string of the molecule is C=CCN=c1scc(-c2ccc(OC)cc2)n1N=C(C)c1ccncc1. The summed E-state index contributed by atoms with van der Waals surface area (Å²) in [4.78, 5) is 9.46. The molecule has 26 heavy (non-hydrogen) atoms. The van der Waals surface area contributed by atoms with Gasteiger partial charge < -0.3 is 4.74 Å². The largest absolute Gasteiger partial charge is 0.497 e. The fourth-order valence-corrected chi connectivity index (χ4v) is 3.25. The lowest BCUT2D eigenvalue weighted by Crippen LogP contribution is -2.14. The second-order valence-electron chi connectivity index (χ2n) is 5.49. The maximum absolute atomic E-state index is 5.25. The van der Waals surface area contributed by atoms with Crippen LogP contribution in [0.4, 0.5) is 0 Å². The van der Waals surface area contributed by atoms with Crippen LogP contribution in [0.2, 0.25) is 0 Å². The molecule has 0 aliphatic carbocycles. The van der Waals surface area contributed by atoms with Gasteiger partial charge in [-0.3, -0.25) is 9.98 Å². The number of pyridine rings is 1. The van der Waals surface area contributed by atoms with E-state index >= 15 is 0 Å². The van der Waals surface area contributed by atoms with E-state index in [0.29, 0.717) is 6.54 Å². The zero-order chi connectivity index (χ0) is 18.4. The molecule has 0 radical (unpaired) electrons. The van der Waals surface area contributed by atoms with Crippen LogP contribution in [0.5, 0.6) is 5.75 Å². The first-order chi connectivity index (χ1) is 12.7. The fraction of sp³-hybridized carbons (Fsp3) is 0.150. The lowest BCUT2D eigenvalue weighted by Gasteiger charge is -2.07. The van der Waals surface area contributed by atoms with Crippen molar-refractivity contribution >= 4 is 17.0 Å². The molecule has 0 aliphatic rings. The summed E-state index contributed by atoms with van der Waals surface area (Å²) in [6.45, 7) is 6.27. The van der Waals surface area contributed by atoms with Crippen LogP contribution < -0.4 is 9.54 Å². The number of benzene rings is 1. The summed E-state index contributed by atoms with van der Waals surface area (Å²) in [7, 11) is 1.66. The van der Waals surface area contributed by atoms with Gasteiger partial charge in [0.05, 0.1) is 25.1 Å². The topological polar surface area (TPSA) is 51.8 Å². The lowest BCUT2D eigenvalue weighted by molar-refractivity contribution is 0.415. The number of methoxy groups -OCH3 is 1. The molecule has 0 atom stereocenters. The third-order valence-corrected chi connectivity index (χ3v) is 4.63. The van der Waals surface area contributed by atoms with Crippen LogP contribution in [0.25, 0.3) is 11.3 Å². The quantitative estimate of drug-likeness (QED) is 0.491. The summed E-state index contributed by atoms with van der Waals surface area (Å²) >= 11 is 1.56. The third kappa shape index (κ3) is 3.97. The van der Waals surface area contributed by atoms with Gasteiger partial charge in [0.15, 0.2) is 0 Å². The van der Waals surface area contributed by atoms with Gasteiger partial charge in [0, 0.05) is 28.9 Å². The highest BCUT2D eigenvalue weighted by Gasteiger charge is 2.09. The number of rotatable bonds is 6. The first-order valence-corrected chi connectivity index (χ1v) is 9.03. The Labute approximate surface area is 156 Å². The van der Waals surface area contributed by atoms with E-state index in [9.17, 15) is 0 Å². The lowest BCUT2D eigenvalue weighted by atomic mass is 10.1. The predicted molar refractivity (Wildman–Crippen MR) is 107 cm³/mol. The first-order valence-electron chi connectivity index (χ1n) is 8.15. The Bertz CT molecular complexity index is 969. The summed E-state index contributed by atoms with van der Waals surface area (Å²) < 4.78 is 7.13. The van der Waals surface area contributed by atoms with Gasteiger partial charge in [0.2, 0.25) is 4.80 Å². The molecular formula is C20H20N4OS. The molecular weight excluding hydrogens is 344 g/mol. The van der Waals surface area contributed by atoms with Gasteiger partial charge in [-0.25, -0.2) is 4.68 Å². The molecule has 0 aliphatic heterocycles. The van der Waals surface area contributed by atoms with Gasteiger partial charge in [0.1, 0.15) is 5.75 Å². The third-order valence-electron chi connectivity index (χ3n) is 3.77. The van der Waals surface area contributed by atoms with E-state index in [4.69, 9.17) is 9.84 Å². The Morgan fingerprint density at radius 1 is 1.23 bits per heavy atom. The van der Waals surface area contributed by atoms with Gasteiger partial charge in [0.25, 0.3) is 0 Å². The molecule has 0 spiro atoms. The van der Waals surface area contributed by atoms with Crippen molar-refractivity contribution in [1.82, 2.24) is 9.66 Å². The Kier molecular flexibility index (Phi) is 5.76. The Hall–Kier alpha value is -2.99. The van der Waals surface area contributed by atoms with Crippen LogP contribution in [-0.2, 0) is 0 Å². The van der Waals surface area contributed by atoms with Gasteiger partial charge in [-0.15, -0.1) is 17.9 Å². The van der Waals surface area contributed by atoms with Crippen molar-refractivity contribution in [3.63, 3.8) is 0 Å². The Morgan fingerprint density at radius 3 is 2.62 bits per heavy atom. The monoisotopic (exact) mass is 364 g/mol. The van der Waals surface area contributed by atoms with E-state index in [-0.39, 0.29) is 0 Å². The summed E-state index contributed by atoms with van der Waals surface area (Å²) in [6, 6.07) is 11.8. The average Bonchev–Trinajstić information content (AvgIpc) is 3.09. The highest BCUT2D eigenvalue weighted by molar-refractivity contribution is 7.07. The van der Waals surface area contributed by atoms with Crippen molar-refractivity contribution in [2.75, 3.05) is 13.7 Å². The number of hydrogen-bond donors (Lipinski definition) is 0. The molecule has 0 N–H and O–H groups in total. The van der Waals surface area contributed by atoms with Crippen LogP contribution in [0.3, 0.4) is 0 Å². The van der Waals surface area contributed by atoms with E-state index in [1.165, 1.54) is 0 Å². The van der Waals surface area contributed by atoms with Crippen LogP contribution in [0, 0.1) is 0 Å². The van der Waals surface area contributed by atoms with Gasteiger partial charge in [-0.2, -0.15) is 5.10 Å². The van der Waals surface area contributed by atoms with Gasteiger partial charge >= 0.3 is 0 Å². The van der Waals surface area contributed by atoms with Crippen molar-refractivity contribution in [1.29, 1.82) is 0 Å². The summed E-state index contributed by atoms with van der Waals surface area (Å²) in [5.41, 5.74) is 3.94. The molecule has 0 saturated heterocycles. The molecule has 6 heteroatoms. The van der Waals surface area contributed by atoms with Crippen LogP contribution in [0.15, 0.2) is 76.9 Å². The molecule has 0 saturated carbocycles. The molecule has 0 amide bonds. The molecule has 1 aromatic carbocycles. The van der Waals surface area contributed by atoms with Gasteiger partial charge in [-0.1, -0.05) is 6.08 Å². The molecule has 2 aromatic heterocycles. The minimum atomic E-state index is 0.548. The van der Waals surface area contributed by atoms with Gasteiger partial charge in [-0.05, 0) is 43.3 Å². The second-order valence-corrected chi connectivity index (χ2v) is 6.33. The van der Waals surface area contributed by atoms with E-state index in [0.717, 1.165) is 33.1 Å². The molecule has 132 valence electrons. The second kappa shape index (κ2) is 8.40. The molecule has 0 bridgehead atoms. The van der Waals surface area contributed by atoms with E-state index in [2.05, 4.69) is 21.9 Å². The maximum atomic E-state index is 5.25. The highest BCUT2D eigenvalue weighted by Crippen LogP contribution is 2.23. The summed E-state index contributed by atoms with van der Waals surface area (Å²) in [5, 5.41) is 6.88. The molecule has 3 rings (SSSR count). The fourth-order valence-electron chi connectivity index (χ4n) is 2.41.